The molecule has 2 aromatic rings. The number of aromatic nitrogens is 3. The first-order valence-electron chi connectivity index (χ1n) is 6.69. The lowest BCUT2D eigenvalue weighted by atomic mass is 10.2. The summed E-state index contributed by atoms with van der Waals surface area (Å²) in [4.78, 5) is 0. The summed E-state index contributed by atoms with van der Waals surface area (Å²) >= 11 is 1.63. The predicted octanol–water partition coefficient (Wildman–Crippen LogP) is 2.07. The van der Waals surface area contributed by atoms with Crippen molar-refractivity contribution in [2.75, 3.05) is 14.2 Å². The minimum absolute atomic E-state index is 0.401. The fourth-order valence-corrected chi connectivity index (χ4v) is 2.98. The molecule has 0 spiro atoms. The molecular formula is C14H20N4O2S. The summed E-state index contributed by atoms with van der Waals surface area (Å²) in [6, 6.07) is 5.90. The van der Waals surface area contributed by atoms with Crippen molar-refractivity contribution >= 4 is 11.8 Å². The molecule has 7 heteroatoms. The summed E-state index contributed by atoms with van der Waals surface area (Å²) in [5.74, 6) is 3.05. The van der Waals surface area contributed by atoms with E-state index in [2.05, 4.69) is 17.1 Å². The summed E-state index contributed by atoms with van der Waals surface area (Å²) in [5.41, 5.74) is 6.79. The summed E-state index contributed by atoms with van der Waals surface area (Å²) in [7, 11) is 3.26. The van der Waals surface area contributed by atoms with E-state index in [-0.39, 0.29) is 0 Å². The molecule has 0 atom stereocenters. The third kappa shape index (κ3) is 3.48. The van der Waals surface area contributed by atoms with Gasteiger partial charge in [0.15, 0.2) is 16.7 Å². The predicted molar refractivity (Wildman–Crippen MR) is 82.7 cm³/mol. The summed E-state index contributed by atoms with van der Waals surface area (Å²) in [6.45, 7) is 3.27. The maximum atomic E-state index is 5.65. The molecule has 21 heavy (non-hydrogen) atoms. The number of hydrogen-bond donors (Lipinski definition) is 1. The highest BCUT2D eigenvalue weighted by molar-refractivity contribution is 7.98. The van der Waals surface area contributed by atoms with Gasteiger partial charge in [0, 0.05) is 12.3 Å². The first kappa shape index (κ1) is 15.7. The monoisotopic (exact) mass is 308 g/mol. The van der Waals surface area contributed by atoms with Crippen LogP contribution < -0.4 is 15.2 Å². The highest BCUT2D eigenvalue weighted by Crippen LogP contribution is 2.30. The molecule has 0 bridgehead atoms. The van der Waals surface area contributed by atoms with Gasteiger partial charge in [-0.2, -0.15) is 0 Å². The zero-order valence-electron chi connectivity index (χ0n) is 12.5. The van der Waals surface area contributed by atoms with Crippen molar-refractivity contribution in [1.82, 2.24) is 14.8 Å². The molecule has 0 unspecified atom stereocenters. The lowest BCUT2D eigenvalue weighted by Gasteiger charge is -2.10. The van der Waals surface area contributed by atoms with Crippen LogP contribution in [0.3, 0.4) is 0 Å². The number of nitrogens with zero attached hydrogens (tertiary/aromatic N) is 3. The van der Waals surface area contributed by atoms with Crippen LogP contribution >= 0.6 is 11.8 Å². The van der Waals surface area contributed by atoms with Crippen molar-refractivity contribution in [2.45, 2.75) is 30.9 Å². The van der Waals surface area contributed by atoms with Crippen LogP contribution in [0.5, 0.6) is 11.5 Å². The van der Waals surface area contributed by atoms with E-state index < -0.39 is 0 Å². The van der Waals surface area contributed by atoms with Gasteiger partial charge in [0.1, 0.15) is 5.82 Å². The van der Waals surface area contributed by atoms with Crippen LogP contribution in [0.4, 0.5) is 0 Å². The second kappa shape index (κ2) is 7.33. The number of nitrogens with two attached hydrogens (primary N) is 1. The van der Waals surface area contributed by atoms with Crippen molar-refractivity contribution in [3.8, 4) is 11.5 Å². The molecule has 114 valence electrons. The molecule has 0 saturated carbocycles. The molecule has 0 aliphatic carbocycles. The van der Waals surface area contributed by atoms with Crippen molar-refractivity contribution < 1.29 is 9.47 Å². The Morgan fingerprint density at radius 1 is 1.19 bits per heavy atom. The molecule has 0 fully saturated rings. The van der Waals surface area contributed by atoms with Gasteiger partial charge in [-0.15, -0.1) is 10.2 Å². The van der Waals surface area contributed by atoms with Crippen LogP contribution in [-0.2, 0) is 18.8 Å². The van der Waals surface area contributed by atoms with Gasteiger partial charge in [0.25, 0.3) is 0 Å². The minimum atomic E-state index is 0.401. The van der Waals surface area contributed by atoms with Gasteiger partial charge in [-0.25, -0.2) is 0 Å². The summed E-state index contributed by atoms with van der Waals surface area (Å²) in [6.07, 6.45) is 0. The highest BCUT2D eigenvalue weighted by Gasteiger charge is 2.11. The summed E-state index contributed by atoms with van der Waals surface area (Å²) in [5, 5.41) is 9.17. The normalized spacial score (nSPS) is 10.7. The van der Waals surface area contributed by atoms with Crippen LogP contribution in [0.2, 0.25) is 0 Å². The van der Waals surface area contributed by atoms with E-state index in [4.69, 9.17) is 15.2 Å². The zero-order chi connectivity index (χ0) is 15.2. The van der Waals surface area contributed by atoms with Crippen LogP contribution in [0.25, 0.3) is 0 Å². The van der Waals surface area contributed by atoms with Crippen LogP contribution in [-0.4, -0.2) is 29.0 Å². The van der Waals surface area contributed by atoms with E-state index in [1.165, 1.54) is 0 Å². The van der Waals surface area contributed by atoms with E-state index in [0.717, 1.165) is 40.3 Å². The van der Waals surface area contributed by atoms with Crippen molar-refractivity contribution in [3.63, 3.8) is 0 Å². The molecule has 1 heterocycles. The van der Waals surface area contributed by atoms with Crippen LogP contribution in [0.1, 0.15) is 18.3 Å². The zero-order valence-corrected chi connectivity index (χ0v) is 13.3. The lowest BCUT2D eigenvalue weighted by molar-refractivity contribution is 0.354. The number of ether oxygens (including phenoxy) is 2. The maximum absolute atomic E-state index is 5.65. The van der Waals surface area contributed by atoms with Crippen molar-refractivity contribution in [1.29, 1.82) is 0 Å². The smallest absolute Gasteiger partial charge is 0.191 e. The van der Waals surface area contributed by atoms with Crippen molar-refractivity contribution in [2.24, 2.45) is 5.73 Å². The quantitative estimate of drug-likeness (QED) is 0.789. The van der Waals surface area contributed by atoms with Gasteiger partial charge >= 0.3 is 0 Å². The van der Waals surface area contributed by atoms with Crippen LogP contribution in [0, 0.1) is 0 Å². The maximum Gasteiger partial charge on any atom is 0.191 e. The van der Waals surface area contributed by atoms with Crippen LogP contribution in [0.15, 0.2) is 23.4 Å². The molecule has 6 nitrogen and oxygen atoms in total. The van der Waals surface area contributed by atoms with E-state index in [0.29, 0.717) is 6.54 Å². The number of thioether (sulfide) groups is 1. The Labute approximate surface area is 128 Å². The Hall–Kier alpha value is -1.73. The molecule has 2 N–H and O–H groups in total. The Morgan fingerprint density at radius 3 is 2.57 bits per heavy atom. The molecule has 0 saturated heterocycles. The first-order chi connectivity index (χ1) is 10.2. The largest absolute Gasteiger partial charge is 0.493 e. The van der Waals surface area contributed by atoms with Gasteiger partial charge in [-0.3, -0.25) is 0 Å². The SMILES string of the molecule is CCn1c(CN)nnc1SCc1ccc(OC)c(OC)c1. The molecular weight excluding hydrogens is 288 g/mol. The van der Waals surface area contributed by atoms with Gasteiger partial charge in [-0.1, -0.05) is 17.8 Å². The molecule has 0 aliphatic heterocycles. The molecule has 1 aromatic carbocycles. The lowest BCUT2D eigenvalue weighted by Crippen LogP contribution is -2.08. The molecule has 0 amide bonds. The standard InChI is InChI=1S/C14H20N4O2S/c1-4-18-13(8-15)16-17-14(18)21-9-10-5-6-11(19-2)12(7-10)20-3/h5-7H,4,8-9,15H2,1-3H3. The van der Waals surface area contributed by atoms with Gasteiger partial charge in [0.05, 0.1) is 20.8 Å². The Kier molecular flexibility index (Phi) is 5.46. The second-order valence-electron chi connectivity index (χ2n) is 4.33. The third-order valence-corrected chi connectivity index (χ3v) is 4.15. The average molecular weight is 308 g/mol. The van der Waals surface area contributed by atoms with Crippen molar-refractivity contribution in [3.05, 3.63) is 29.6 Å². The van der Waals surface area contributed by atoms with E-state index >= 15 is 0 Å². The molecule has 0 aliphatic rings. The van der Waals surface area contributed by atoms with Gasteiger partial charge in [-0.05, 0) is 24.6 Å². The second-order valence-corrected chi connectivity index (χ2v) is 5.27. The fraction of sp³-hybridized carbons (Fsp3) is 0.429. The third-order valence-electron chi connectivity index (χ3n) is 3.11. The Balaban J connectivity index is 2.11. The average Bonchev–Trinajstić information content (AvgIpc) is 2.94. The molecule has 0 radical (unpaired) electrons. The topological polar surface area (TPSA) is 75.2 Å². The number of hydrogen-bond acceptors (Lipinski definition) is 6. The van der Waals surface area contributed by atoms with E-state index in [1.54, 1.807) is 26.0 Å². The molecule has 1 aromatic heterocycles. The number of rotatable bonds is 7. The van der Waals surface area contributed by atoms with Gasteiger partial charge in [0.2, 0.25) is 0 Å². The summed E-state index contributed by atoms with van der Waals surface area (Å²) < 4.78 is 12.6. The minimum Gasteiger partial charge on any atom is -0.493 e. The van der Waals surface area contributed by atoms with E-state index in [9.17, 15) is 0 Å². The number of benzene rings is 1. The first-order valence-corrected chi connectivity index (χ1v) is 7.67. The molecule has 2 rings (SSSR count). The number of methoxy groups -OCH3 is 2. The van der Waals surface area contributed by atoms with Gasteiger partial charge < -0.3 is 19.8 Å². The van der Waals surface area contributed by atoms with E-state index in [1.807, 2.05) is 22.8 Å². The Morgan fingerprint density at radius 2 is 1.95 bits per heavy atom. The Bertz CT molecular complexity index is 601. The fourth-order valence-electron chi connectivity index (χ4n) is 2.01. The highest BCUT2D eigenvalue weighted by atomic mass is 32.2.